The molecule has 126 valence electrons. The fraction of sp³-hybridized carbons (Fsp3) is 0.353. The van der Waals surface area contributed by atoms with Crippen LogP contribution in [0.4, 0.5) is 5.82 Å². The fourth-order valence-corrected chi connectivity index (χ4v) is 3.12. The summed E-state index contributed by atoms with van der Waals surface area (Å²) in [5.41, 5.74) is 9.57. The van der Waals surface area contributed by atoms with Gasteiger partial charge in [0.2, 0.25) is 0 Å². The lowest BCUT2D eigenvalue weighted by Crippen LogP contribution is -2.04. The number of nitrogen functional groups attached to an aromatic ring is 1. The molecule has 0 saturated carbocycles. The molecule has 0 bridgehead atoms. The highest BCUT2D eigenvalue weighted by Crippen LogP contribution is 2.28. The van der Waals surface area contributed by atoms with E-state index < -0.39 is 0 Å². The third-order valence-corrected chi connectivity index (χ3v) is 4.50. The zero-order valence-corrected chi connectivity index (χ0v) is 14.9. The van der Waals surface area contributed by atoms with Crippen molar-refractivity contribution < 1.29 is 4.74 Å². The zero-order chi connectivity index (χ0) is 17.1. The first-order valence-corrected chi connectivity index (χ1v) is 8.85. The number of hydrogen-bond donors (Lipinski definition) is 2. The maximum absolute atomic E-state index is 5.96. The topological polar surface area (TPSA) is 89.7 Å². The Hall–Kier alpha value is -2.28. The molecule has 0 fully saturated rings. The van der Waals surface area contributed by atoms with Crippen LogP contribution >= 0.6 is 11.8 Å². The highest BCUT2D eigenvalue weighted by atomic mass is 32.2. The quantitative estimate of drug-likeness (QED) is 0.525. The molecule has 1 aromatic carbocycles. The second-order valence-corrected chi connectivity index (χ2v) is 6.98. The van der Waals surface area contributed by atoms with E-state index in [-0.39, 0.29) is 0 Å². The summed E-state index contributed by atoms with van der Waals surface area (Å²) < 4.78 is 5.96. The van der Waals surface area contributed by atoms with E-state index in [9.17, 15) is 0 Å². The molecule has 2 aromatic heterocycles. The first-order chi connectivity index (χ1) is 11.5. The molecule has 6 nitrogen and oxygen atoms in total. The van der Waals surface area contributed by atoms with Gasteiger partial charge in [0.25, 0.3) is 0 Å². The number of rotatable bonds is 6. The first-order valence-electron chi connectivity index (χ1n) is 7.87. The van der Waals surface area contributed by atoms with E-state index in [0.717, 1.165) is 16.7 Å². The lowest BCUT2D eigenvalue weighted by atomic mass is 10.00. The van der Waals surface area contributed by atoms with Gasteiger partial charge in [-0.05, 0) is 24.5 Å². The van der Waals surface area contributed by atoms with Gasteiger partial charge in [-0.15, -0.1) is 0 Å². The van der Waals surface area contributed by atoms with Crippen molar-refractivity contribution in [3.63, 3.8) is 0 Å². The lowest BCUT2D eigenvalue weighted by Gasteiger charge is -2.14. The molecule has 0 unspecified atom stereocenters. The summed E-state index contributed by atoms with van der Waals surface area (Å²) in [5, 5.41) is 0.772. The molecule has 0 aliphatic carbocycles. The van der Waals surface area contributed by atoms with Gasteiger partial charge in [0.1, 0.15) is 17.6 Å². The van der Waals surface area contributed by atoms with Crippen LogP contribution < -0.4 is 10.5 Å². The number of fused-ring (bicyclic) bond motifs is 1. The fourth-order valence-electron chi connectivity index (χ4n) is 2.43. The highest BCUT2D eigenvalue weighted by molar-refractivity contribution is 7.99. The second kappa shape index (κ2) is 7.09. The predicted molar refractivity (Wildman–Crippen MR) is 97.6 cm³/mol. The summed E-state index contributed by atoms with van der Waals surface area (Å²) in [6.45, 7) is 7.06. The molecular formula is C17H21N5OS. The standard InChI is InChI=1S/C17H21N5OS/c1-10(2)12-8-11(3)4-5-13(12)23-6-7-24-17-21-14-15(18)19-9-20-16(14)22-17/h4-5,8-10H,6-7H2,1-3H3,(H3,18,19,20,21,22). The number of aromatic amines is 1. The number of aromatic nitrogens is 4. The van der Waals surface area contributed by atoms with E-state index in [1.165, 1.54) is 17.5 Å². The normalized spacial score (nSPS) is 11.3. The van der Waals surface area contributed by atoms with Gasteiger partial charge in [-0.3, -0.25) is 0 Å². The summed E-state index contributed by atoms with van der Waals surface area (Å²) in [5.74, 6) is 2.58. The summed E-state index contributed by atoms with van der Waals surface area (Å²) in [7, 11) is 0. The molecule has 0 aliphatic rings. The van der Waals surface area contributed by atoms with Crippen LogP contribution in [0.3, 0.4) is 0 Å². The van der Waals surface area contributed by atoms with E-state index in [0.29, 0.717) is 29.5 Å². The summed E-state index contributed by atoms with van der Waals surface area (Å²) in [4.78, 5) is 15.6. The van der Waals surface area contributed by atoms with Crippen LogP contribution in [-0.2, 0) is 0 Å². The van der Waals surface area contributed by atoms with Crippen LogP contribution in [0.25, 0.3) is 11.2 Å². The smallest absolute Gasteiger partial charge is 0.183 e. The number of nitrogens with two attached hydrogens (primary N) is 1. The lowest BCUT2D eigenvalue weighted by molar-refractivity contribution is 0.338. The Morgan fingerprint density at radius 2 is 2.12 bits per heavy atom. The maximum Gasteiger partial charge on any atom is 0.183 e. The van der Waals surface area contributed by atoms with Crippen LogP contribution in [-0.4, -0.2) is 32.3 Å². The number of anilines is 1. The van der Waals surface area contributed by atoms with Gasteiger partial charge in [0.05, 0.1) is 6.61 Å². The number of H-pyrrole nitrogens is 1. The Bertz CT molecular complexity index is 846. The van der Waals surface area contributed by atoms with Crippen molar-refractivity contribution in [1.29, 1.82) is 0 Å². The zero-order valence-electron chi connectivity index (χ0n) is 14.0. The Morgan fingerprint density at radius 3 is 2.88 bits per heavy atom. The van der Waals surface area contributed by atoms with Gasteiger partial charge in [0, 0.05) is 5.75 Å². The van der Waals surface area contributed by atoms with Crippen LogP contribution in [0.1, 0.15) is 30.9 Å². The largest absolute Gasteiger partial charge is 0.492 e. The third kappa shape index (κ3) is 3.62. The Morgan fingerprint density at radius 1 is 1.29 bits per heavy atom. The molecule has 2 heterocycles. The van der Waals surface area contributed by atoms with Gasteiger partial charge < -0.3 is 15.5 Å². The number of hydrogen-bond acceptors (Lipinski definition) is 6. The molecule has 0 radical (unpaired) electrons. The Balaban J connectivity index is 1.60. The van der Waals surface area contributed by atoms with Crippen LogP contribution in [0.15, 0.2) is 29.7 Å². The summed E-state index contributed by atoms with van der Waals surface area (Å²) in [6, 6.07) is 6.32. The molecule has 0 spiro atoms. The molecular weight excluding hydrogens is 322 g/mol. The molecule has 0 saturated heterocycles. The van der Waals surface area contributed by atoms with Crippen molar-refractivity contribution in [3.05, 3.63) is 35.7 Å². The first kappa shape index (κ1) is 16.6. The molecule has 0 amide bonds. The van der Waals surface area contributed by atoms with Crippen LogP contribution in [0.2, 0.25) is 0 Å². The molecule has 3 aromatic rings. The van der Waals surface area contributed by atoms with Crippen LogP contribution in [0, 0.1) is 6.92 Å². The SMILES string of the molecule is Cc1ccc(OCCSc2nc3ncnc(N)c3[nH]2)c(C(C)C)c1. The van der Waals surface area contributed by atoms with E-state index in [1.54, 1.807) is 11.8 Å². The van der Waals surface area contributed by atoms with Crippen molar-refractivity contribution in [2.75, 3.05) is 18.1 Å². The van der Waals surface area contributed by atoms with Gasteiger partial charge in [-0.2, -0.15) is 0 Å². The molecule has 24 heavy (non-hydrogen) atoms. The van der Waals surface area contributed by atoms with E-state index in [4.69, 9.17) is 10.5 Å². The number of ether oxygens (including phenoxy) is 1. The molecule has 3 N–H and O–H groups in total. The minimum absolute atomic E-state index is 0.414. The number of nitrogens with one attached hydrogen (secondary N) is 1. The number of benzene rings is 1. The van der Waals surface area contributed by atoms with Crippen molar-refractivity contribution >= 4 is 28.7 Å². The van der Waals surface area contributed by atoms with E-state index in [2.05, 4.69) is 52.8 Å². The summed E-state index contributed by atoms with van der Waals surface area (Å²) in [6.07, 6.45) is 1.42. The average Bonchev–Trinajstić information content (AvgIpc) is 2.97. The third-order valence-electron chi connectivity index (χ3n) is 3.66. The van der Waals surface area contributed by atoms with Gasteiger partial charge in [0.15, 0.2) is 16.6 Å². The predicted octanol–water partition coefficient (Wildman–Crippen LogP) is 3.54. The number of aryl methyl sites for hydroxylation is 1. The number of thioether (sulfide) groups is 1. The van der Waals surface area contributed by atoms with Crippen molar-refractivity contribution in [2.45, 2.75) is 31.8 Å². The molecule has 3 rings (SSSR count). The minimum atomic E-state index is 0.414. The van der Waals surface area contributed by atoms with Crippen molar-refractivity contribution in [1.82, 2.24) is 19.9 Å². The van der Waals surface area contributed by atoms with E-state index >= 15 is 0 Å². The molecule has 0 aliphatic heterocycles. The minimum Gasteiger partial charge on any atom is -0.492 e. The van der Waals surface area contributed by atoms with Crippen molar-refractivity contribution in [3.8, 4) is 5.75 Å². The second-order valence-electron chi connectivity index (χ2n) is 5.89. The Labute approximate surface area is 145 Å². The monoisotopic (exact) mass is 343 g/mol. The maximum atomic E-state index is 5.96. The van der Waals surface area contributed by atoms with E-state index in [1.807, 2.05) is 6.07 Å². The highest BCUT2D eigenvalue weighted by Gasteiger charge is 2.10. The van der Waals surface area contributed by atoms with Crippen molar-refractivity contribution in [2.24, 2.45) is 0 Å². The number of imidazole rings is 1. The molecule has 7 heteroatoms. The molecule has 0 atom stereocenters. The van der Waals surface area contributed by atoms with Gasteiger partial charge in [-0.1, -0.05) is 43.3 Å². The van der Waals surface area contributed by atoms with Crippen LogP contribution in [0.5, 0.6) is 5.75 Å². The summed E-state index contributed by atoms with van der Waals surface area (Å²) >= 11 is 1.58. The van der Waals surface area contributed by atoms with Gasteiger partial charge in [-0.25, -0.2) is 15.0 Å². The number of nitrogens with zero attached hydrogens (tertiary/aromatic N) is 3. The van der Waals surface area contributed by atoms with Gasteiger partial charge >= 0.3 is 0 Å². The average molecular weight is 343 g/mol. The Kier molecular flexibility index (Phi) is 4.89.